The summed E-state index contributed by atoms with van der Waals surface area (Å²) in [4.78, 5) is 35.8. The molecule has 1 unspecified atom stereocenters. The number of hydrogen-bond donors (Lipinski definition) is 3. The van der Waals surface area contributed by atoms with Gasteiger partial charge in [0.1, 0.15) is 6.10 Å². The molecule has 3 N–H and O–H groups in total. The van der Waals surface area contributed by atoms with E-state index >= 15 is 0 Å². The van der Waals surface area contributed by atoms with Gasteiger partial charge in [-0.25, -0.2) is 9.59 Å². The first-order chi connectivity index (χ1) is 16.6. The molecule has 10 nitrogen and oxygen atoms in total. The van der Waals surface area contributed by atoms with Crippen LogP contribution in [0.3, 0.4) is 0 Å². The lowest BCUT2D eigenvalue weighted by molar-refractivity contribution is -0.159. The number of ether oxygens (including phenoxy) is 2. The molecule has 2 saturated heterocycles. The first-order valence-electron chi connectivity index (χ1n) is 12.6. The molecule has 0 spiro atoms. The molecular formula is C25H40N2O8. The summed E-state index contributed by atoms with van der Waals surface area (Å²) in [5.41, 5.74) is 1.68. The van der Waals surface area contributed by atoms with Gasteiger partial charge in [0.15, 0.2) is 0 Å². The van der Waals surface area contributed by atoms with Gasteiger partial charge in [0.05, 0.1) is 25.7 Å². The van der Waals surface area contributed by atoms with E-state index in [1.54, 1.807) is 0 Å². The highest BCUT2D eigenvalue weighted by atomic mass is 16.6. The third-order valence-corrected chi connectivity index (χ3v) is 8.21. The Balaban J connectivity index is 0.000000509. The van der Waals surface area contributed by atoms with Crippen molar-refractivity contribution in [3.63, 3.8) is 0 Å². The van der Waals surface area contributed by atoms with Gasteiger partial charge >= 0.3 is 17.9 Å². The average molecular weight is 497 g/mol. The first kappa shape index (κ1) is 27.6. The number of fused-ring (bicyclic) bond motifs is 2. The highest BCUT2D eigenvalue weighted by Crippen LogP contribution is 2.56. The Morgan fingerprint density at radius 3 is 2.43 bits per heavy atom. The standard InChI is InChI=1S/C23H38N2O4.C2H2O4/c1-17-4-3-5-23(2)15-21-18(14-20(17)23)19(22(27)29-21)16-25-8-6-24(7-9-25)10-12-28-13-11-26;3-1(4)2(5)6/h18-21,26H,1,3-16H2,2H3;(H,3,4)(H,5,6)/t18-,19?,20+,21-,23-;/m1./s1. The summed E-state index contributed by atoms with van der Waals surface area (Å²) < 4.78 is 11.3. The van der Waals surface area contributed by atoms with Crippen molar-refractivity contribution in [1.82, 2.24) is 9.80 Å². The van der Waals surface area contributed by atoms with Gasteiger partial charge in [-0.1, -0.05) is 19.1 Å². The molecule has 0 amide bonds. The van der Waals surface area contributed by atoms with Crippen molar-refractivity contribution in [3.05, 3.63) is 12.2 Å². The molecule has 2 aliphatic heterocycles. The zero-order valence-corrected chi connectivity index (χ0v) is 20.7. The summed E-state index contributed by atoms with van der Waals surface area (Å²) in [6, 6.07) is 0. The molecule has 0 radical (unpaired) electrons. The Bertz CT molecular complexity index is 769. The molecule has 5 atom stereocenters. The van der Waals surface area contributed by atoms with Crippen LogP contribution in [-0.4, -0.2) is 108 Å². The van der Waals surface area contributed by atoms with Crippen molar-refractivity contribution < 1.29 is 39.2 Å². The minimum absolute atomic E-state index is 0.0266. The van der Waals surface area contributed by atoms with Gasteiger partial charge in [-0.2, -0.15) is 0 Å². The van der Waals surface area contributed by atoms with Crippen LogP contribution in [0, 0.1) is 23.2 Å². The molecule has 10 heteroatoms. The molecule has 198 valence electrons. The molecule has 2 saturated carbocycles. The lowest BCUT2D eigenvalue weighted by Gasteiger charge is -2.50. The number of piperazine rings is 1. The number of nitrogens with zero attached hydrogens (tertiary/aromatic N) is 2. The minimum atomic E-state index is -1.82. The predicted octanol–water partition coefficient (Wildman–Crippen LogP) is 1.08. The summed E-state index contributed by atoms with van der Waals surface area (Å²) >= 11 is 0. The second-order valence-corrected chi connectivity index (χ2v) is 10.5. The second kappa shape index (κ2) is 12.3. The van der Waals surface area contributed by atoms with Crippen LogP contribution < -0.4 is 0 Å². The molecule has 0 aromatic rings. The van der Waals surface area contributed by atoms with Crippen LogP contribution in [0.5, 0.6) is 0 Å². The molecule has 2 aliphatic carbocycles. The van der Waals surface area contributed by atoms with Crippen molar-refractivity contribution in [2.24, 2.45) is 23.2 Å². The number of aliphatic hydroxyl groups excluding tert-OH is 1. The monoisotopic (exact) mass is 496 g/mol. The zero-order chi connectivity index (χ0) is 25.6. The van der Waals surface area contributed by atoms with Crippen molar-refractivity contribution in [2.45, 2.75) is 45.1 Å². The Morgan fingerprint density at radius 2 is 1.80 bits per heavy atom. The van der Waals surface area contributed by atoms with Gasteiger partial charge < -0.3 is 24.8 Å². The quantitative estimate of drug-likeness (QED) is 0.203. The highest BCUT2D eigenvalue weighted by Gasteiger charge is 2.55. The third-order valence-electron chi connectivity index (χ3n) is 8.21. The largest absolute Gasteiger partial charge is 0.473 e. The number of hydrogen-bond acceptors (Lipinski definition) is 8. The van der Waals surface area contributed by atoms with E-state index in [1.807, 2.05) is 0 Å². The molecule has 0 bridgehead atoms. The lowest BCUT2D eigenvalue weighted by atomic mass is 9.55. The number of rotatable bonds is 7. The second-order valence-electron chi connectivity index (χ2n) is 10.5. The van der Waals surface area contributed by atoms with E-state index in [4.69, 9.17) is 34.4 Å². The van der Waals surface area contributed by atoms with Gasteiger partial charge in [0.2, 0.25) is 0 Å². The van der Waals surface area contributed by atoms with E-state index < -0.39 is 11.9 Å². The number of allylic oxidation sites excluding steroid dienone is 1. The number of aliphatic hydroxyl groups is 1. The zero-order valence-electron chi connectivity index (χ0n) is 20.7. The fourth-order valence-electron chi connectivity index (χ4n) is 6.30. The van der Waals surface area contributed by atoms with Crippen LogP contribution in [0.2, 0.25) is 0 Å². The molecule has 4 fully saturated rings. The van der Waals surface area contributed by atoms with Crippen molar-refractivity contribution in [2.75, 3.05) is 59.1 Å². The molecule has 35 heavy (non-hydrogen) atoms. The van der Waals surface area contributed by atoms with Crippen LogP contribution >= 0.6 is 0 Å². The fourth-order valence-corrected chi connectivity index (χ4v) is 6.30. The summed E-state index contributed by atoms with van der Waals surface area (Å²) in [5, 5.41) is 23.6. The smallest absolute Gasteiger partial charge is 0.414 e. The number of carboxylic acid groups (broad SMARTS) is 2. The lowest BCUT2D eigenvalue weighted by Crippen LogP contribution is -2.50. The van der Waals surface area contributed by atoms with Crippen LogP contribution in [0.4, 0.5) is 0 Å². The Morgan fingerprint density at radius 1 is 1.14 bits per heavy atom. The molecule has 0 aromatic heterocycles. The van der Waals surface area contributed by atoms with Crippen LogP contribution in [0.1, 0.15) is 39.0 Å². The maximum atomic E-state index is 12.8. The van der Waals surface area contributed by atoms with E-state index in [2.05, 4.69) is 23.3 Å². The highest BCUT2D eigenvalue weighted by molar-refractivity contribution is 6.27. The predicted molar refractivity (Wildman–Crippen MR) is 127 cm³/mol. The van der Waals surface area contributed by atoms with E-state index in [-0.39, 0.29) is 30.0 Å². The summed E-state index contributed by atoms with van der Waals surface area (Å²) in [5.74, 6) is -2.66. The number of carbonyl (C=O) groups is 3. The van der Waals surface area contributed by atoms with Crippen molar-refractivity contribution >= 4 is 17.9 Å². The third kappa shape index (κ3) is 7.03. The SMILES string of the molecule is C=C1CCC[C@]2(C)C[C@H]3OC(=O)C(CN4CCN(CCOCCO)CC4)[C@H]3C[C@@H]12.O=C(O)C(=O)O. The van der Waals surface area contributed by atoms with E-state index in [0.717, 1.165) is 58.5 Å². The van der Waals surface area contributed by atoms with E-state index in [9.17, 15) is 4.79 Å². The topological polar surface area (TPSA) is 137 Å². The number of esters is 1. The Kier molecular flexibility index (Phi) is 9.69. The Labute approximate surface area is 206 Å². The molecule has 0 aromatic carbocycles. The Hall–Kier alpha value is -2.01. The van der Waals surface area contributed by atoms with Crippen molar-refractivity contribution in [1.29, 1.82) is 0 Å². The van der Waals surface area contributed by atoms with Crippen LogP contribution in [0.25, 0.3) is 0 Å². The fraction of sp³-hybridized carbons (Fsp3) is 0.800. The molecular weight excluding hydrogens is 456 g/mol. The van der Waals surface area contributed by atoms with Crippen LogP contribution in [-0.2, 0) is 23.9 Å². The summed E-state index contributed by atoms with van der Waals surface area (Å²) in [6.45, 7) is 13.7. The van der Waals surface area contributed by atoms with Gasteiger partial charge in [-0.15, -0.1) is 0 Å². The molecule has 2 heterocycles. The number of carbonyl (C=O) groups excluding carboxylic acids is 1. The minimum Gasteiger partial charge on any atom is -0.473 e. The molecule has 4 rings (SSSR count). The maximum absolute atomic E-state index is 12.8. The normalized spacial score (nSPS) is 33.2. The van der Waals surface area contributed by atoms with E-state index in [0.29, 0.717) is 25.0 Å². The maximum Gasteiger partial charge on any atom is 0.414 e. The van der Waals surface area contributed by atoms with Crippen molar-refractivity contribution in [3.8, 4) is 0 Å². The van der Waals surface area contributed by atoms with Gasteiger partial charge in [-0.3, -0.25) is 14.6 Å². The number of aliphatic carboxylic acids is 2. The van der Waals surface area contributed by atoms with Gasteiger partial charge in [-0.05, 0) is 43.4 Å². The molecule has 4 aliphatic rings. The first-order valence-corrected chi connectivity index (χ1v) is 12.6. The van der Waals surface area contributed by atoms with Crippen LogP contribution in [0.15, 0.2) is 12.2 Å². The van der Waals surface area contributed by atoms with E-state index in [1.165, 1.54) is 18.4 Å². The van der Waals surface area contributed by atoms with Gasteiger partial charge in [0, 0.05) is 45.2 Å². The number of carboxylic acids is 2. The average Bonchev–Trinajstić information content (AvgIpc) is 3.10. The summed E-state index contributed by atoms with van der Waals surface area (Å²) in [7, 11) is 0. The summed E-state index contributed by atoms with van der Waals surface area (Å²) in [6.07, 6.45) is 5.84. The van der Waals surface area contributed by atoms with Gasteiger partial charge in [0.25, 0.3) is 0 Å².